The van der Waals surface area contributed by atoms with Gasteiger partial charge in [-0.1, -0.05) is 25.4 Å². The van der Waals surface area contributed by atoms with Crippen LogP contribution in [0.15, 0.2) is 18.2 Å². The minimum atomic E-state index is -0.582. The van der Waals surface area contributed by atoms with Gasteiger partial charge in [-0.15, -0.1) is 12.4 Å². The second kappa shape index (κ2) is 5.82. The first-order valence-electron chi connectivity index (χ1n) is 4.70. The van der Waals surface area contributed by atoms with Crippen molar-refractivity contribution in [2.75, 3.05) is 6.61 Å². The van der Waals surface area contributed by atoms with Crippen LogP contribution in [0.25, 0.3) is 0 Å². The second-order valence-electron chi connectivity index (χ2n) is 4.29. The van der Waals surface area contributed by atoms with Gasteiger partial charge in [0.15, 0.2) is 0 Å². The first kappa shape index (κ1) is 15.7. The summed E-state index contributed by atoms with van der Waals surface area (Å²) in [6.07, 6.45) is 0. The molecule has 0 aliphatic heterocycles. The molecule has 0 bridgehead atoms. The molecule has 16 heavy (non-hydrogen) atoms. The highest BCUT2D eigenvalue weighted by Gasteiger charge is 2.29. The highest BCUT2D eigenvalue weighted by atomic mass is 35.5. The second-order valence-corrected chi connectivity index (χ2v) is 4.73. The van der Waals surface area contributed by atoms with Gasteiger partial charge in [0.1, 0.15) is 5.82 Å². The summed E-state index contributed by atoms with van der Waals surface area (Å²) in [5.74, 6) is -0.395. The minimum absolute atomic E-state index is 0. The van der Waals surface area contributed by atoms with Gasteiger partial charge >= 0.3 is 0 Å². The van der Waals surface area contributed by atoms with E-state index in [1.54, 1.807) is 13.8 Å². The Kier molecular flexibility index (Phi) is 5.70. The highest BCUT2D eigenvalue weighted by Crippen LogP contribution is 2.33. The number of hydrogen-bond acceptors (Lipinski definition) is 2. The van der Waals surface area contributed by atoms with E-state index in [4.69, 9.17) is 22.4 Å². The van der Waals surface area contributed by atoms with Gasteiger partial charge in [-0.25, -0.2) is 4.39 Å². The summed E-state index contributed by atoms with van der Waals surface area (Å²) in [4.78, 5) is 0. The van der Waals surface area contributed by atoms with Crippen molar-refractivity contribution in [3.8, 4) is 0 Å². The van der Waals surface area contributed by atoms with Gasteiger partial charge < -0.3 is 10.8 Å². The maximum absolute atomic E-state index is 13.5. The third-order valence-electron chi connectivity index (χ3n) is 2.54. The first-order valence-corrected chi connectivity index (χ1v) is 5.07. The fraction of sp³-hybridized carbons (Fsp3) is 0.455. The summed E-state index contributed by atoms with van der Waals surface area (Å²) >= 11 is 5.77. The van der Waals surface area contributed by atoms with E-state index in [0.29, 0.717) is 10.6 Å². The molecule has 0 aliphatic carbocycles. The molecule has 0 radical (unpaired) electrons. The Morgan fingerprint density at radius 1 is 1.50 bits per heavy atom. The first-order chi connectivity index (χ1) is 6.88. The Morgan fingerprint density at radius 2 is 2.06 bits per heavy atom. The van der Waals surface area contributed by atoms with E-state index >= 15 is 0 Å². The zero-order valence-corrected chi connectivity index (χ0v) is 10.8. The third kappa shape index (κ3) is 3.32. The lowest BCUT2D eigenvalue weighted by molar-refractivity contribution is 0.131. The van der Waals surface area contributed by atoms with E-state index in [2.05, 4.69) is 0 Å². The Labute approximate surface area is 106 Å². The zero-order valence-electron chi connectivity index (χ0n) is 9.21. The Bertz CT molecular complexity index is 358. The van der Waals surface area contributed by atoms with Crippen molar-refractivity contribution in [3.05, 3.63) is 34.6 Å². The number of aliphatic hydroxyl groups excluding tert-OH is 1. The molecular weight excluding hydrogens is 252 g/mol. The van der Waals surface area contributed by atoms with Crippen LogP contribution in [0.5, 0.6) is 0 Å². The van der Waals surface area contributed by atoms with Crippen LogP contribution in [-0.4, -0.2) is 11.7 Å². The van der Waals surface area contributed by atoms with Crippen molar-refractivity contribution in [1.29, 1.82) is 0 Å². The number of aliphatic hydroxyl groups is 1. The Balaban J connectivity index is 0.00000225. The van der Waals surface area contributed by atoms with E-state index in [1.165, 1.54) is 18.2 Å². The largest absolute Gasteiger partial charge is 0.396 e. The van der Waals surface area contributed by atoms with Crippen LogP contribution in [0, 0.1) is 11.2 Å². The van der Waals surface area contributed by atoms with Crippen molar-refractivity contribution in [2.24, 2.45) is 11.1 Å². The number of nitrogens with two attached hydrogens (primary N) is 1. The maximum Gasteiger partial charge on any atom is 0.128 e. The quantitative estimate of drug-likeness (QED) is 0.885. The molecule has 0 saturated heterocycles. The van der Waals surface area contributed by atoms with E-state index < -0.39 is 17.3 Å². The monoisotopic (exact) mass is 267 g/mol. The van der Waals surface area contributed by atoms with Crippen molar-refractivity contribution >= 4 is 24.0 Å². The molecule has 1 aromatic carbocycles. The van der Waals surface area contributed by atoms with Gasteiger partial charge in [0.05, 0.1) is 0 Å². The number of benzene rings is 1. The standard InChI is InChI=1S/C11H15ClFNO.ClH/c1-11(2,6-15)10(14)8-5-7(12)3-4-9(8)13;/h3-5,10,15H,6,14H2,1-2H3;1H/t10-;/m1./s1. The molecule has 5 heteroatoms. The van der Waals surface area contributed by atoms with Crippen LogP contribution in [0.1, 0.15) is 25.5 Å². The minimum Gasteiger partial charge on any atom is -0.396 e. The van der Waals surface area contributed by atoms with E-state index in [1.807, 2.05) is 0 Å². The van der Waals surface area contributed by atoms with E-state index in [9.17, 15) is 4.39 Å². The third-order valence-corrected chi connectivity index (χ3v) is 2.78. The molecular formula is C11H16Cl2FNO. The van der Waals surface area contributed by atoms with Gasteiger partial charge in [0.25, 0.3) is 0 Å². The topological polar surface area (TPSA) is 46.2 Å². The molecule has 0 heterocycles. The van der Waals surface area contributed by atoms with Crippen molar-refractivity contribution in [1.82, 2.24) is 0 Å². The average Bonchev–Trinajstić information content (AvgIpc) is 2.20. The molecule has 0 saturated carbocycles. The molecule has 0 aliphatic rings. The normalized spacial score (nSPS) is 13.1. The average molecular weight is 268 g/mol. The number of halogens is 3. The van der Waals surface area contributed by atoms with E-state index in [-0.39, 0.29) is 19.0 Å². The van der Waals surface area contributed by atoms with Gasteiger partial charge in [-0.3, -0.25) is 0 Å². The van der Waals surface area contributed by atoms with Crippen LogP contribution in [0.4, 0.5) is 4.39 Å². The lowest BCUT2D eigenvalue weighted by Crippen LogP contribution is -2.33. The van der Waals surface area contributed by atoms with Gasteiger partial charge in [0.2, 0.25) is 0 Å². The molecule has 3 N–H and O–H groups in total. The van der Waals surface area contributed by atoms with Gasteiger partial charge in [-0.2, -0.15) is 0 Å². The van der Waals surface area contributed by atoms with Crippen LogP contribution in [0.2, 0.25) is 5.02 Å². The molecule has 0 aromatic heterocycles. The summed E-state index contributed by atoms with van der Waals surface area (Å²) in [6, 6.07) is 3.67. The van der Waals surface area contributed by atoms with Crippen LogP contribution >= 0.6 is 24.0 Å². The fourth-order valence-electron chi connectivity index (χ4n) is 1.27. The SMILES string of the molecule is CC(C)(CO)[C@H](N)c1cc(Cl)ccc1F.Cl. The zero-order chi connectivity index (χ0) is 11.6. The molecule has 1 rings (SSSR count). The number of hydrogen-bond donors (Lipinski definition) is 2. The van der Waals surface area contributed by atoms with Crippen LogP contribution in [-0.2, 0) is 0 Å². The lowest BCUT2D eigenvalue weighted by atomic mass is 9.81. The summed E-state index contributed by atoms with van der Waals surface area (Å²) in [7, 11) is 0. The number of rotatable bonds is 3. The van der Waals surface area contributed by atoms with Crippen molar-refractivity contribution in [2.45, 2.75) is 19.9 Å². The van der Waals surface area contributed by atoms with Crippen molar-refractivity contribution < 1.29 is 9.50 Å². The predicted molar refractivity (Wildman–Crippen MR) is 66.5 cm³/mol. The molecule has 2 nitrogen and oxygen atoms in total. The van der Waals surface area contributed by atoms with Gasteiger partial charge in [-0.05, 0) is 18.2 Å². The maximum atomic E-state index is 13.5. The molecule has 92 valence electrons. The van der Waals surface area contributed by atoms with Gasteiger partial charge in [0, 0.05) is 28.6 Å². The smallest absolute Gasteiger partial charge is 0.128 e. The molecule has 0 fully saturated rings. The van der Waals surface area contributed by atoms with E-state index in [0.717, 1.165) is 0 Å². The molecule has 1 atom stereocenters. The predicted octanol–water partition coefficient (Wildman–Crippen LogP) is 2.92. The molecule has 1 aromatic rings. The lowest BCUT2D eigenvalue weighted by Gasteiger charge is -2.30. The summed E-state index contributed by atoms with van der Waals surface area (Å²) < 4.78 is 13.5. The summed E-state index contributed by atoms with van der Waals surface area (Å²) in [5, 5.41) is 9.59. The van der Waals surface area contributed by atoms with Crippen LogP contribution in [0.3, 0.4) is 0 Å². The summed E-state index contributed by atoms with van der Waals surface area (Å²) in [6.45, 7) is 3.44. The molecule has 0 unspecified atom stereocenters. The molecule has 0 spiro atoms. The Hall–Kier alpha value is -0.350. The van der Waals surface area contributed by atoms with Crippen molar-refractivity contribution in [3.63, 3.8) is 0 Å². The fourth-order valence-corrected chi connectivity index (χ4v) is 1.45. The highest BCUT2D eigenvalue weighted by molar-refractivity contribution is 6.30. The Morgan fingerprint density at radius 3 is 2.56 bits per heavy atom. The molecule has 0 amide bonds. The summed E-state index contributed by atoms with van der Waals surface area (Å²) in [5.41, 5.74) is 5.65. The van der Waals surface area contributed by atoms with Crippen LogP contribution < -0.4 is 5.73 Å².